The van der Waals surface area contributed by atoms with E-state index in [2.05, 4.69) is 22.3 Å². The third-order valence-electron chi connectivity index (χ3n) is 6.89. The van der Waals surface area contributed by atoms with E-state index in [4.69, 9.17) is 14.2 Å². The number of hydrogen-bond acceptors (Lipinski definition) is 6. The summed E-state index contributed by atoms with van der Waals surface area (Å²) in [5.41, 5.74) is 2.41. The molecule has 0 aliphatic carbocycles. The van der Waals surface area contributed by atoms with Crippen LogP contribution >= 0.6 is 0 Å². The Kier molecular flexibility index (Phi) is 11.1. The molecular formula is C31H42N4O4. The average Bonchev–Trinajstić information content (AvgIpc) is 3.59. The van der Waals surface area contributed by atoms with Gasteiger partial charge in [0.15, 0.2) is 17.3 Å². The number of fused-ring (bicyclic) bond motifs is 1. The molecule has 8 heteroatoms. The lowest BCUT2D eigenvalue weighted by molar-refractivity contribution is -0.116. The normalized spacial score (nSPS) is 12.1. The lowest BCUT2D eigenvalue weighted by Crippen LogP contribution is -2.11. The first-order valence-corrected chi connectivity index (χ1v) is 14.6. The van der Waals surface area contributed by atoms with Gasteiger partial charge < -0.3 is 19.5 Å². The molecule has 210 valence electrons. The van der Waals surface area contributed by atoms with Gasteiger partial charge in [0.1, 0.15) is 0 Å². The fourth-order valence-electron chi connectivity index (χ4n) is 4.75. The van der Waals surface area contributed by atoms with Crippen LogP contribution in [0.3, 0.4) is 0 Å². The molecule has 39 heavy (non-hydrogen) atoms. The van der Waals surface area contributed by atoms with Crippen LogP contribution in [0.4, 0.5) is 5.69 Å². The van der Waals surface area contributed by atoms with Crippen LogP contribution in [-0.4, -0.2) is 34.1 Å². The van der Waals surface area contributed by atoms with Crippen molar-refractivity contribution in [2.75, 3.05) is 18.7 Å². The van der Waals surface area contributed by atoms with E-state index in [1.165, 1.54) is 57.8 Å². The number of amides is 1. The Balaban J connectivity index is 1.25. The zero-order valence-corrected chi connectivity index (χ0v) is 23.4. The Morgan fingerprint density at radius 3 is 2.23 bits per heavy atom. The van der Waals surface area contributed by atoms with Crippen LogP contribution < -0.4 is 19.5 Å². The summed E-state index contributed by atoms with van der Waals surface area (Å²) in [6.45, 7) is 4.83. The predicted octanol–water partition coefficient (Wildman–Crippen LogP) is 7.70. The highest BCUT2D eigenvalue weighted by Gasteiger charge is 2.19. The summed E-state index contributed by atoms with van der Waals surface area (Å²) in [6.07, 6.45) is 14.5. The van der Waals surface area contributed by atoms with Gasteiger partial charge in [-0.25, -0.2) is 4.68 Å². The standard InChI is InChI=1S/C31H42N4O4/c1-3-5-6-7-8-9-10-11-12-13-14-15-29(36)32-25-17-19-26(20-18-25)35-30(33-31(34-35)37-4-2)24-16-21-27-28(22-24)39-23-38-27/h16-22H,3-15,23H2,1-2H3,(H,32,36). The lowest BCUT2D eigenvalue weighted by atomic mass is 10.1. The lowest BCUT2D eigenvalue weighted by Gasteiger charge is -2.09. The van der Waals surface area contributed by atoms with Gasteiger partial charge in [0.2, 0.25) is 12.7 Å². The minimum Gasteiger partial charge on any atom is -0.463 e. The number of hydrogen-bond donors (Lipinski definition) is 1. The Morgan fingerprint density at radius 2 is 1.54 bits per heavy atom. The number of nitrogens with zero attached hydrogens (tertiary/aromatic N) is 3. The molecule has 2 heterocycles. The number of nitrogens with one attached hydrogen (secondary N) is 1. The van der Waals surface area contributed by atoms with Crippen molar-refractivity contribution in [1.29, 1.82) is 0 Å². The van der Waals surface area contributed by atoms with E-state index in [1.54, 1.807) is 4.68 Å². The van der Waals surface area contributed by atoms with E-state index in [9.17, 15) is 4.79 Å². The highest BCUT2D eigenvalue weighted by molar-refractivity contribution is 5.90. The van der Waals surface area contributed by atoms with E-state index in [0.717, 1.165) is 29.8 Å². The van der Waals surface area contributed by atoms with Crippen LogP contribution in [0.2, 0.25) is 0 Å². The molecule has 0 saturated carbocycles. The third kappa shape index (κ3) is 8.47. The largest absolute Gasteiger partial charge is 0.463 e. The van der Waals surface area contributed by atoms with Crippen molar-refractivity contribution in [2.45, 2.75) is 90.9 Å². The minimum atomic E-state index is 0.0547. The molecule has 0 atom stereocenters. The van der Waals surface area contributed by atoms with E-state index in [0.29, 0.717) is 36.4 Å². The van der Waals surface area contributed by atoms with Crippen LogP contribution in [0.1, 0.15) is 90.9 Å². The third-order valence-corrected chi connectivity index (χ3v) is 6.89. The number of ether oxygens (including phenoxy) is 3. The van der Waals surface area contributed by atoms with Crippen molar-refractivity contribution in [1.82, 2.24) is 14.8 Å². The molecule has 0 unspecified atom stereocenters. The van der Waals surface area contributed by atoms with Gasteiger partial charge in [-0.15, -0.1) is 5.10 Å². The van der Waals surface area contributed by atoms with Gasteiger partial charge >= 0.3 is 6.01 Å². The smallest absolute Gasteiger partial charge is 0.336 e. The van der Waals surface area contributed by atoms with Gasteiger partial charge in [-0.05, 0) is 55.8 Å². The van der Waals surface area contributed by atoms with E-state index in [1.807, 2.05) is 49.4 Å². The number of carbonyl (C=O) groups excluding carboxylic acids is 1. The number of carbonyl (C=O) groups is 1. The first-order valence-electron chi connectivity index (χ1n) is 14.6. The molecule has 1 aliphatic heterocycles. The van der Waals surface area contributed by atoms with Gasteiger partial charge in [-0.1, -0.05) is 71.1 Å². The zero-order chi connectivity index (χ0) is 27.3. The fourth-order valence-corrected chi connectivity index (χ4v) is 4.75. The van der Waals surface area contributed by atoms with Gasteiger partial charge in [0.05, 0.1) is 12.3 Å². The van der Waals surface area contributed by atoms with Crippen molar-refractivity contribution >= 4 is 11.6 Å². The molecule has 1 aliphatic rings. The minimum absolute atomic E-state index is 0.0547. The van der Waals surface area contributed by atoms with Crippen molar-refractivity contribution in [2.24, 2.45) is 0 Å². The van der Waals surface area contributed by atoms with Gasteiger partial charge in [0.25, 0.3) is 0 Å². The Hall–Kier alpha value is -3.55. The molecule has 1 N–H and O–H groups in total. The van der Waals surface area contributed by atoms with E-state index < -0.39 is 0 Å². The van der Waals surface area contributed by atoms with Gasteiger partial charge in [-0.3, -0.25) is 4.79 Å². The Bertz CT molecular complexity index is 1180. The summed E-state index contributed by atoms with van der Waals surface area (Å²) in [5.74, 6) is 2.07. The first-order chi connectivity index (χ1) is 19.2. The van der Waals surface area contributed by atoms with Crippen LogP contribution in [0, 0.1) is 0 Å². The molecule has 1 amide bonds. The Labute approximate surface area is 232 Å². The van der Waals surface area contributed by atoms with E-state index >= 15 is 0 Å². The summed E-state index contributed by atoms with van der Waals surface area (Å²) in [7, 11) is 0. The van der Waals surface area contributed by atoms with Crippen LogP contribution in [0.5, 0.6) is 17.5 Å². The SMILES string of the molecule is CCCCCCCCCCCCCC(=O)Nc1ccc(-n2nc(OCC)nc2-c2ccc3c(c2)OCO3)cc1. The molecule has 0 saturated heterocycles. The zero-order valence-electron chi connectivity index (χ0n) is 23.4. The fraction of sp³-hybridized carbons (Fsp3) is 0.516. The molecule has 3 aromatic rings. The summed E-state index contributed by atoms with van der Waals surface area (Å²) in [4.78, 5) is 17.0. The monoisotopic (exact) mass is 534 g/mol. The molecule has 2 aromatic carbocycles. The van der Waals surface area contributed by atoms with E-state index in [-0.39, 0.29) is 12.7 Å². The summed E-state index contributed by atoms with van der Waals surface area (Å²) < 4.78 is 18.3. The second-order valence-electron chi connectivity index (χ2n) is 10.0. The van der Waals surface area contributed by atoms with Crippen molar-refractivity contribution in [3.05, 3.63) is 42.5 Å². The van der Waals surface area contributed by atoms with Crippen molar-refractivity contribution < 1.29 is 19.0 Å². The van der Waals surface area contributed by atoms with Crippen molar-refractivity contribution in [3.8, 4) is 34.6 Å². The first kappa shape index (κ1) is 28.5. The topological polar surface area (TPSA) is 87.5 Å². The van der Waals surface area contributed by atoms with Crippen LogP contribution in [0.15, 0.2) is 42.5 Å². The highest BCUT2D eigenvalue weighted by atomic mass is 16.7. The molecule has 1 aromatic heterocycles. The van der Waals surface area contributed by atoms with Gasteiger partial charge in [0, 0.05) is 17.7 Å². The molecule has 0 bridgehead atoms. The molecule has 8 nitrogen and oxygen atoms in total. The predicted molar refractivity (Wildman–Crippen MR) is 154 cm³/mol. The average molecular weight is 535 g/mol. The number of anilines is 1. The second kappa shape index (κ2) is 15.1. The summed E-state index contributed by atoms with van der Waals surface area (Å²) >= 11 is 0. The summed E-state index contributed by atoms with van der Waals surface area (Å²) in [6, 6.07) is 13.6. The highest BCUT2D eigenvalue weighted by Crippen LogP contribution is 2.36. The quantitative estimate of drug-likeness (QED) is 0.179. The molecule has 0 fully saturated rings. The number of benzene rings is 2. The molecule has 4 rings (SSSR count). The second-order valence-corrected chi connectivity index (χ2v) is 10.0. The molecule has 0 radical (unpaired) electrons. The number of unbranched alkanes of at least 4 members (excludes halogenated alkanes) is 10. The molecule has 0 spiro atoms. The maximum Gasteiger partial charge on any atom is 0.336 e. The van der Waals surface area contributed by atoms with Crippen LogP contribution in [0.25, 0.3) is 17.1 Å². The Morgan fingerprint density at radius 1 is 0.872 bits per heavy atom. The molecular weight excluding hydrogens is 492 g/mol. The van der Waals surface area contributed by atoms with Crippen LogP contribution in [-0.2, 0) is 4.79 Å². The summed E-state index contributed by atoms with van der Waals surface area (Å²) in [5, 5.41) is 7.56. The maximum absolute atomic E-state index is 12.5. The van der Waals surface area contributed by atoms with Crippen molar-refractivity contribution in [3.63, 3.8) is 0 Å². The van der Waals surface area contributed by atoms with Gasteiger partial charge in [-0.2, -0.15) is 4.98 Å². The number of aromatic nitrogens is 3. The maximum atomic E-state index is 12.5. The number of rotatable bonds is 17.